The molecule has 0 heterocycles. The number of carboxylic acids is 1. The Bertz CT molecular complexity index is 583. The van der Waals surface area contributed by atoms with Crippen LogP contribution in [-0.4, -0.2) is 22.0 Å². The van der Waals surface area contributed by atoms with Gasteiger partial charge in [-0.05, 0) is 0 Å². The number of aromatic hydroxyl groups is 1. The van der Waals surface area contributed by atoms with Gasteiger partial charge in [0.1, 0.15) is 11.3 Å². The highest BCUT2D eigenvalue weighted by Crippen LogP contribution is 2.29. The molecule has 0 unspecified atom stereocenters. The van der Waals surface area contributed by atoms with Crippen molar-refractivity contribution in [1.82, 2.24) is 0 Å². The Hall–Kier alpha value is -2.58. The number of nitrogens with two attached hydrogens (primary N) is 1. The molecular weight excluding hydrogens is 274 g/mol. The van der Waals surface area contributed by atoms with Crippen molar-refractivity contribution in [2.45, 2.75) is 0 Å². The highest BCUT2D eigenvalue weighted by Gasteiger charge is 2.28. The maximum Gasteiger partial charge on any atom is 0.351 e. The molecule has 0 radical (unpaired) electrons. The monoisotopic (exact) mass is 279 g/mol. The number of hydrogen-bond acceptors (Lipinski definition) is 4. The van der Waals surface area contributed by atoms with E-state index in [9.17, 15) is 27.2 Å². The molecule has 102 valence electrons. The molecule has 1 aromatic rings. The largest absolute Gasteiger partial charge is 0.504 e. The first-order valence-electron chi connectivity index (χ1n) is 4.48. The van der Waals surface area contributed by atoms with Gasteiger partial charge in [0.05, 0.1) is 0 Å². The van der Waals surface area contributed by atoms with Gasteiger partial charge in [-0.25, -0.2) is 18.0 Å². The highest BCUT2D eigenvalue weighted by atomic mass is 19.2. The lowest BCUT2D eigenvalue weighted by Gasteiger charge is -2.06. The van der Waals surface area contributed by atoms with E-state index >= 15 is 0 Å². The zero-order valence-electron chi connectivity index (χ0n) is 8.88. The molecule has 19 heavy (non-hydrogen) atoms. The average Bonchev–Trinajstić information content (AvgIpc) is 2.34. The zero-order valence-corrected chi connectivity index (χ0v) is 8.88. The van der Waals surface area contributed by atoms with Crippen LogP contribution in [0.3, 0.4) is 0 Å². The number of rotatable bonds is 3. The molecule has 0 aromatic heterocycles. The molecule has 0 aliphatic heterocycles. The summed E-state index contributed by atoms with van der Waals surface area (Å²) < 4.78 is 51.7. The first-order valence-corrected chi connectivity index (χ1v) is 4.48. The number of ketones is 1. The lowest BCUT2D eigenvalue weighted by atomic mass is 10.1. The predicted molar refractivity (Wildman–Crippen MR) is 52.2 cm³/mol. The third-order valence-corrected chi connectivity index (χ3v) is 2.02. The molecule has 5 nitrogen and oxygen atoms in total. The minimum absolute atomic E-state index is 0.122. The van der Waals surface area contributed by atoms with Crippen LogP contribution in [0.1, 0.15) is 10.4 Å². The number of hydrogen-bond donors (Lipinski definition) is 3. The summed E-state index contributed by atoms with van der Waals surface area (Å²) in [6, 6.07) is 0. The average molecular weight is 279 g/mol. The smallest absolute Gasteiger partial charge is 0.351 e. The van der Waals surface area contributed by atoms with Crippen LogP contribution in [0.25, 0.3) is 0 Å². The number of halogens is 4. The normalized spacial score (nSPS) is 11.5. The SMILES string of the molecule is NC(=CC(=O)c1c(O)c(F)c(F)c(F)c1F)C(=O)O. The third kappa shape index (κ3) is 2.49. The lowest BCUT2D eigenvalue weighted by Crippen LogP contribution is -2.14. The van der Waals surface area contributed by atoms with E-state index in [2.05, 4.69) is 0 Å². The summed E-state index contributed by atoms with van der Waals surface area (Å²) in [5.74, 6) is -14.1. The van der Waals surface area contributed by atoms with Crippen molar-refractivity contribution in [2.75, 3.05) is 0 Å². The molecule has 0 saturated heterocycles. The van der Waals surface area contributed by atoms with E-state index in [-0.39, 0.29) is 6.08 Å². The molecular formula is C10H5F4NO4. The fourth-order valence-electron chi connectivity index (χ4n) is 1.12. The summed E-state index contributed by atoms with van der Waals surface area (Å²) >= 11 is 0. The second-order valence-electron chi connectivity index (χ2n) is 3.25. The summed E-state index contributed by atoms with van der Waals surface area (Å²) in [7, 11) is 0. The van der Waals surface area contributed by atoms with Crippen molar-refractivity contribution in [3.8, 4) is 5.75 Å². The third-order valence-electron chi connectivity index (χ3n) is 2.02. The number of carbonyl (C=O) groups excluding carboxylic acids is 1. The Morgan fingerprint density at radius 1 is 1.00 bits per heavy atom. The maximum absolute atomic E-state index is 13.2. The van der Waals surface area contributed by atoms with Gasteiger partial charge in [-0.1, -0.05) is 0 Å². The minimum Gasteiger partial charge on any atom is -0.504 e. The van der Waals surface area contributed by atoms with Crippen LogP contribution in [0.2, 0.25) is 0 Å². The van der Waals surface area contributed by atoms with Crippen LogP contribution >= 0.6 is 0 Å². The molecule has 0 aliphatic rings. The van der Waals surface area contributed by atoms with Gasteiger partial charge in [0.15, 0.2) is 23.2 Å². The topological polar surface area (TPSA) is 101 Å². The van der Waals surface area contributed by atoms with E-state index in [1.807, 2.05) is 0 Å². The number of aliphatic carboxylic acids is 1. The van der Waals surface area contributed by atoms with E-state index in [1.165, 1.54) is 0 Å². The fraction of sp³-hybridized carbons (Fsp3) is 0. The van der Waals surface area contributed by atoms with Gasteiger partial charge in [0, 0.05) is 6.08 Å². The highest BCUT2D eigenvalue weighted by molar-refractivity contribution is 6.09. The van der Waals surface area contributed by atoms with Gasteiger partial charge in [0.25, 0.3) is 0 Å². The van der Waals surface area contributed by atoms with Crippen molar-refractivity contribution in [3.63, 3.8) is 0 Å². The van der Waals surface area contributed by atoms with Crippen molar-refractivity contribution < 1.29 is 37.4 Å². The molecule has 0 saturated carbocycles. The summed E-state index contributed by atoms with van der Waals surface area (Å²) in [6.07, 6.45) is 0.122. The Balaban J connectivity index is 3.49. The second kappa shape index (κ2) is 4.96. The van der Waals surface area contributed by atoms with Gasteiger partial charge >= 0.3 is 5.97 Å². The number of allylic oxidation sites excluding steroid dienone is 1. The summed E-state index contributed by atoms with van der Waals surface area (Å²) in [6.45, 7) is 0. The molecule has 0 fully saturated rings. The lowest BCUT2D eigenvalue weighted by molar-refractivity contribution is -0.132. The molecule has 0 bridgehead atoms. The zero-order chi connectivity index (χ0) is 14.9. The molecule has 0 spiro atoms. The van der Waals surface area contributed by atoms with Crippen LogP contribution in [0.15, 0.2) is 11.8 Å². The summed E-state index contributed by atoms with van der Waals surface area (Å²) in [4.78, 5) is 21.7. The quantitative estimate of drug-likeness (QED) is 0.252. The van der Waals surface area contributed by atoms with Crippen molar-refractivity contribution in [2.24, 2.45) is 5.73 Å². The van der Waals surface area contributed by atoms with Crippen LogP contribution in [-0.2, 0) is 4.79 Å². The van der Waals surface area contributed by atoms with Crippen LogP contribution in [0, 0.1) is 23.3 Å². The van der Waals surface area contributed by atoms with E-state index in [0.717, 1.165) is 0 Å². The first kappa shape index (κ1) is 14.5. The fourth-order valence-corrected chi connectivity index (χ4v) is 1.12. The van der Waals surface area contributed by atoms with E-state index < -0.39 is 52.0 Å². The summed E-state index contributed by atoms with van der Waals surface area (Å²) in [5, 5.41) is 17.4. The number of benzene rings is 1. The molecule has 0 aliphatic carbocycles. The van der Waals surface area contributed by atoms with E-state index in [4.69, 9.17) is 15.9 Å². The van der Waals surface area contributed by atoms with Crippen molar-refractivity contribution in [1.29, 1.82) is 0 Å². The van der Waals surface area contributed by atoms with Gasteiger partial charge in [-0.15, -0.1) is 0 Å². The summed E-state index contributed by atoms with van der Waals surface area (Å²) in [5.41, 5.74) is 2.22. The van der Waals surface area contributed by atoms with Gasteiger partial charge in [-0.3, -0.25) is 4.79 Å². The number of phenols is 1. The van der Waals surface area contributed by atoms with Crippen LogP contribution in [0.4, 0.5) is 17.6 Å². The Morgan fingerprint density at radius 2 is 1.47 bits per heavy atom. The van der Waals surface area contributed by atoms with E-state index in [1.54, 1.807) is 0 Å². The van der Waals surface area contributed by atoms with Gasteiger partial charge in [-0.2, -0.15) is 4.39 Å². The number of carbonyl (C=O) groups is 2. The predicted octanol–water partition coefficient (Wildman–Crippen LogP) is 1.06. The Kier molecular flexibility index (Phi) is 3.78. The van der Waals surface area contributed by atoms with Crippen molar-refractivity contribution in [3.05, 3.63) is 40.6 Å². The maximum atomic E-state index is 13.2. The number of carboxylic acid groups (broad SMARTS) is 1. The standard InChI is InChI=1S/C10H5F4NO4/c11-5-4(3(16)1-2(15)10(18)19)9(17)8(14)7(13)6(5)12/h1,17H,15H2,(H,18,19). The van der Waals surface area contributed by atoms with Gasteiger partial charge in [0.2, 0.25) is 11.6 Å². The number of phenolic OH excluding ortho intramolecular Hbond substituents is 1. The minimum atomic E-state index is -2.32. The molecule has 0 atom stereocenters. The molecule has 1 rings (SSSR count). The molecule has 1 aromatic carbocycles. The Labute approximate surface area is 102 Å². The molecule has 0 amide bonds. The van der Waals surface area contributed by atoms with E-state index in [0.29, 0.717) is 0 Å². The first-order chi connectivity index (χ1) is 8.68. The Morgan fingerprint density at radius 3 is 1.95 bits per heavy atom. The van der Waals surface area contributed by atoms with Gasteiger partial charge < -0.3 is 15.9 Å². The molecule has 4 N–H and O–H groups in total. The van der Waals surface area contributed by atoms with Crippen molar-refractivity contribution >= 4 is 11.8 Å². The molecule has 9 heteroatoms. The van der Waals surface area contributed by atoms with Crippen LogP contribution in [0.5, 0.6) is 5.75 Å². The second-order valence-corrected chi connectivity index (χ2v) is 3.25. The van der Waals surface area contributed by atoms with Crippen LogP contribution < -0.4 is 5.73 Å².